The van der Waals surface area contributed by atoms with E-state index in [0.717, 1.165) is 10.6 Å². The normalized spacial score (nSPS) is 11.3. The number of thiophene rings is 1. The molecule has 1 aromatic heterocycles. The molecule has 8 heteroatoms. The number of benzene rings is 1. The summed E-state index contributed by atoms with van der Waals surface area (Å²) < 4.78 is 25.4. The van der Waals surface area contributed by atoms with Crippen molar-refractivity contribution in [2.24, 2.45) is 0 Å². The lowest BCUT2D eigenvalue weighted by Gasteiger charge is -2.06. The molecule has 3 N–H and O–H groups in total. The van der Waals surface area contributed by atoms with E-state index >= 15 is 0 Å². The molecule has 0 bridgehead atoms. The van der Waals surface area contributed by atoms with Gasteiger partial charge in [-0.15, -0.1) is 11.3 Å². The summed E-state index contributed by atoms with van der Waals surface area (Å²) in [6.07, 6.45) is 0. The number of nitrogens with one attached hydrogen (secondary N) is 2. The standard InChI is InChI=1S/C13H14N2O4S2/c1-14-21(18,19)12-4-2-10(3-5-12)15-7-11-6-9(8-20-11)13(16)17/h2-6,8,14-15H,7H2,1H3,(H,16,17). The summed E-state index contributed by atoms with van der Waals surface area (Å²) in [5, 5.41) is 13.5. The van der Waals surface area contributed by atoms with Crippen LogP contribution in [0.2, 0.25) is 0 Å². The third kappa shape index (κ3) is 3.81. The number of anilines is 1. The number of carboxylic acid groups (broad SMARTS) is 1. The Bertz CT molecular complexity index is 736. The molecular formula is C13H14N2O4S2. The lowest BCUT2D eigenvalue weighted by molar-refractivity contribution is 0.0697. The molecule has 0 aliphatic heterocycles. The minimum absolute atomic E-state index is 0.194. The molecule has 0 aliphatic rings. The van der Waals surface area contributed by atoms with Crippen molar-refractivity contribution in [3.63, 3.8) is 0 Å². The van der Waals surface area contributed by atoms with Gasteiger partial charge in [-0.25, -0.2) is 17.9 Å². The monoisotopic (exact) mass is 326 g/mol. The summed E-state index contributed by atoms with van der Waals surface area (Å²) in [5.74, 6) is -0.945. The predicted molar refractivity (Wildman–Crippen MR) is 81.3 cm³/mol. The van der Waals surface area contributed by atoms with Crippen molar-refractivity contribution < 1.29 is 18.3 Å². The van der Waals surface area contributed by atoms with Gasteiger partial charge in [0.15, 0.2) is 0 Å². The van der Waals surface area contributed by atoms with Crippen LogP contribution in [-0.2, 0) is 16.6 Å². The van der Waals surface area contributed by atoms with Crippen molar-refractivity contribution in [2.45, 2.75) is 11.4 Å². The number of aromatic carboxylic acids is 1. The molecule has 0 atom stereocenters. The summed E-state index contributed by atoms with van der Waals surface area (Å²) >= 11 is 1.36. The van der Waals surface area contributed by atoms with E-state index < -0.39 is 16.0 Å². The van der Waals surface area contributed by atoms with Crippen LogP contribution in [-0.4, -0.2) is 26.5 Å². The zero-order valence-electron chi connectivity index (χ0n) is 11.2. The van der Waals surface area contributed by atoms with Crippen molar-refractivity contribution in [3.8, 4) is 0 Å². The lowest BCUT2D eigenvalue weighted by Crippen LogP contribution is -2.18. The number of sulfonamides is 1. The SMILES string of the molecule is CNS(=O)(=O)c1ccc(NCc2cc(C(=O)O)cs2)cc1. The first-order valence-electron chi connectivity index (χ1n) is 6.00. The molecule has 0 radical (unpaired) electrons. The first kappa shape index (κ1) is 15.5. The Hall–Kier alpha value is -1.90. The van der Waals surface area contributed by atoms with E-state index in [1.807, 2.05) is 0 Å². The Morgan fingerprint density at radius 2 is 1.95 bits per heavy atom. The van der Waals surface area contributed by atoms with Gasteiger partial charge in [-0.2, -0.15) is 0 Å². The van der Waals surface area contributed by atoms with Crippen molar-refractivity contribution in [3.05, 3.63) is 46.2 Å². The highest BCUT2D eigenvalue weighted by Gasteiger charge is 2.10. The highest BCUT2D eigenvalue weighted by atomic mass is 32.2. The van der Waals surface area contributed by atoms with Crippen LogP contribution in [0.25, 0.3) is 0 Å². The van der Waals surface area contributed by atoms with E-state index in [0.29, 0.717) is 6.54 Å². The fourth-order valence-electron chi connectivity index (χ4n) is 1.64. The van der Waals surface area contributed by atoms with Crippen molar-refractivity contribution >= 4 is 33.0 Å². The zero-order valence-corrected chi connectivity index (χ0v) is 12.8. The second-order valence-corrected chi connectivity index (χ2v) is 7.07. The van der Waals surface area contributed by atoms with Gasteiger partial charge in [0.1, 0.15) is 0 Å². The molecule has 0 spiro atoms. The average molecular weight is 326 g/mol. The summed E-state index contributed by atoms with van der Waals surface area (Å²) in [6, 6.07) is 7.95. The summed E-state index contributed by atoms with van der Waals surface area (Å²) in [4.78, 5) is 11.9. The first-order chi connectivity index (χ1) is 9.92. The highest BCUT2D eigenvalue weighted by molar-refractivity contribution is 7.89. The second kappa shape index (κ2) is 6.25. The maximum atomic E-state index is 11.6. The fraction of sp³-hybridized carbons (Fsp3) is 0.154. The Morgan fingerprint density at radius 1 is 1.29 bits per heavy atom. The highest BCUT2D eigenvalue weighted by Crippen LogP contribution is 2.18. The molecule has 0 saturated heterocycles. The minimum Gasteiger partial charge on any atom is -0.478 e. The fourth-order valence-corrected chi connectivity index (χ4v) is 3.17. The molecule has 0 unspecified atom stereocenters. The topological polar surface area (TPSA) is 95.5 Å². The molecule has 6 nitrogen and oxygen atoms in total. The van der Waals surface area contributed by atoms with E-state index in [1.54, 1.807) is 23.6 Å². The minimum atomic E-state index is -3.43. The van der Waals surface area contributed by atoms with Crippen molar-refractivity contribution in [1.29, 1.82) is 0 Å². The third-order valence-electron chi connectivity index (χ3n) is 2.80. The van der Waals surface area contributed by atoms with Crippen LogP contribution >= 0.6 is 11.3 Å². The number of hydrogen-bond acceptors (Lipinski definition) is 5. The van der Waals surface area contributed by atoms with Crippen molar-refractivity contribution in [1.82, 2.24) is 4.72 Å². The van der Waals surface area contributed by atoms with Gasteiger partial charge in [-0.3, -0.25) is 0 Å². The number of carbonyl (C=O) groups is 1. The number of hydrogen-bond donors (Lipinski definition) is 3. The van der Waals surface area contributed by atoms with Gasteiger partial charge in [-0.05, 0) is 37.4 Å². The summed E-state index contributed by atoms with van der Waals surface area (Å²) in [7, 11) is -2.07. The summed E-state index contributed by atoms with van der Waals surface area (Å²) in [6.45, 7) is 0.482. The van der Waals surface area contributed by atoms with Crippen molar-refractivity contribution in [2.75, 3.05) is 12.4 Å². The Kier molecular flexibility index (Phi) is 4.61. The maximum absolute atomic E-state index is 11.6. The number of carboxylic acids is 1. The van der Waals surface area contributed by atoms with Gasteiger partial charge in [0.2, 0.25) is 10.0 Å². The summed E-state index contributed by atoms with van der Waals surface area (Å²) in [5.41, 5.74) is 1.03. The van der Waals surface area contributed by atoms with Gasteiger partial charge in [0.25, 0.3) is 0 Å². The quantitative estimate of drug-likeness (QED) is 0.754. The van der Waals surface area contributed by atoms with E-state index in [-0.39, 0.29) is 10.5 Å². The molecule has 0 fully saturated rings. The Labute approximate surface area is 126 Å². The van der Waals surface area contributed by atoms with Crippen LogP contribution in [0, 0.1) is 0 Å². The van der Waals surface area contributed by atoms with Crippen LogP contribution in [0.5, 0.6) is 0 Å². The average Bonchev–Trinajstić information content (AvgIpc) is 2.95. The molecule has 0 saturated carbocycles. The predicted octanol–water partition coefficient (Wildman–Crippen LogP) is 1.97. The molecule has 0 amide bonds. The first-order valence-corrected chi connectivity index (χ1v) is 8.37. The third-order valence-corrected chi connectivity index (χ3v) is 5.17. The van der Waals surface area contributed by atoms with Crippen LogP contribution in [0.4, 0.5) is 5.69 Å². The molecule has 1 aromatic carbocycles. The molecule has 2 aromatic rings. The molecular weight excluding hydrogens is 312 g/mol. The van der Waals surface area contributed by atoms with E-state index in [4.69, 9.17) is 5.11 Å². The molecule has 2 rings (SSSR count). The molecule has 21 heavy (non-hydrogen) atoms. The van der Waals surface area contributed by atoms with E-state index in [1.165, 1.54) is 30.5 Å². The van der Waals surface area contributed by atoms with Crippen LogP contribution in [0.3, 0.4) is 0 Å². The van der Waals surface area contributed by atoms with Crippen LogP contribution in [0.1, 0.15) is 15.2 Å². The van der Waals surface area contributed by atoms with E-state index in [9.17, 15) is 13.2 Å². The number of rotatable bonds is 6. The zero-order chi connectivity index (χ0) is 15.5. The molecule has 0 aliphatic carbocycles. The van der Waals surface area contributed by atoms with Gasteiger partial charge >= 0.3 is 5.97 Å². The Morgan fingerprint density at radius 3 is 2.48 bits per heavy atom. The van der Waals surface area contributed by atoms with Gasteiger partial charge in [0, 0.05) is 22.5 Å². The molecule has 1 heterocycles. The molecule has 112 valence electrons. The van der Waals surface area contributed by atoms with Gasteiger partial charge < -0.3 is 10.4 Å². The van der Waals surface area contributed by atoms with Crippen LogP contribution in [0.15, 0.2) is 40.6 Å². The lowest BCUT2D eigenvalue weighted by atomic mass is 10.3. The largest absolute Gasteiger partial charge is 0.478 e. The second-order valence-electron chi connectivity index (χ2n) is 4.19. The van der Waals surface area contributed by atoms with Crippen LogP contribution < -0.4 is 10.0 Å². The van der Waals surface area contributed by atoms with Gasteiger partial charge in [-0.1, -0.05) is 0 Å². The Balaban J connectivity index is 2.02. The van der Waals surface area contributed by atoms with Gasteiger partial charge in [0.05, 0.1) is 10.5 Å². The van der Waals surface area contributed by atoms with E-state index in [2.05, 4.69) is 10.0 Å². The smallest absolute Gasteiger partial charge is 0.336 e. The maximum Gasteiger partial charge on any atom is 0.336 e.